The smallest absolute Gasteiger partial charge is 0.253 e. The summed E-state index contributed by atoms with van der Waals surface area (Å²) in [5.74, 6) is 0.739. The van der Waals surface area contributed by atoms with Crippen LogP contribution in [0.3, 0.4) is 0 Å². The van der Waals surface area contributed by atoms with E-state index in [9.17, 15) is 4.79 Å². The largest absolute Gasteiger partial charge is 0.354 e. The Hall–Kier alpha value is -1.45. The molecule has 0 atom stereocenters. The van der Waals surface area contributed by atoms with E-state index >= 15 is 0 Å². The highest BCUT2D eigenvalue weighted by molar-refractivity contribution is 6.42. The molecule has 1 amide bonds. The average Bonchev–Trinajstić information content (AvgIpc) is 3.09. The van der Waals surface area contributed by atoms with Crippen LogP contribution in [0.4, 0.5) is 0 Å². The molecule has 2 aromatic rings. The van der Waals surface area contributed by atoms with Gasteiger partial charge < -0.3 is 9.47 Å². The highest BCUT2D eigenvalue weighted by atomic mass is 35.5. The highest BCUT2D eigenvalue weighted by Gasteiger charge is 2.23. The molecule has 2 heterocycles. The molecule has 3 rings (SSSR count). The average molecular weight is 351 g/mol. The number of aryl methyl sites for hydroxylation is 1. The van der Waals surface area contributed by atoms with Crippen molar-refractivity contribution in [2.24, 2.45) is 5.92 Å². The summed E-state index contributed by atoms with van der Waals surface area (Å²) in [5.41, 5.74) is 0.616. The molecule has 1 aliphatic heterocycles. The number of hydrogen-bond donors (Lipinski definition) is 0. The molecule has 0 unspecified atom stereocenters. The van der Waals surface area contributed by atoms with E-state index in [1.165, 1.54) is 6.42 Å². The third-order valence-corrected chi connectivity index (χ3v) is 5.27. The first kappa shape index (κ1) is 16.4. The van der Waals surface area contributed by atoms with Crippen LogP contribution in [0.15, 0.2) is 42.7 Å². The first-order valence-corrected chi connectivity index (χ1v) is 8.74. The van der Waals surface area contributed by atoms with Gasteiger partial charge in [-0.15, -0.1) is 0 Å². The molecule has 0 bridgehead atoms. The standard InChI is InChI=1S/C18H20Cl2N2O/c19-16-4-3-15(13-17(16)20)18(23)22-11-6-14(7-12-22)5-10-21-8-1-2-9-21/h1-4,8-9,13-14H,5-7,10-12H2. The predicted molar refractivity (Wildman–Crippen MR) is 94.1 cm³/mol. The Morgan fingerprint density at radius 1 is 1.09 bits per heavy atom. The van der Waals surface area contributed by atoms with Crippen molar-refractivity contribution in [3.63, 3.8) is 0 Å². The Morgan fingerprint density at radius 2 is 1.78 bits per heavy atom. The van der Waals surface area contributed by atoms with Crippen LogP contribution in [-0.2, 0) is 6.54 Å². The molecule has 1 aromatic carbocycles. The van der Waals surface area contributed by atoms with E-state index in [2.05, 4.69) is 29.1 Å². The number of carbonyl (C=O) groups is 1. The number of amides is 1. The molecule has 0 radical (unpaired) electrons. The molecular formula is C18H20Cl2N2O. The molecule has 1 saturated heterocycles. The molecule has 0 N–H and O–H groups in total. The number of hydrogen-bond acceptors (Lipinski definition) is 1. The van der Waals surface area contributed by atoms with Crippen LogP contribution < -0.4 is 0 Å². The summed E-state index contributed by atoms with van der Waals surface area (Å²) >= 11 is 11.9. The fraction of sp³-hybridized carbons (Fsp3) is 0.389. The summed E-state index contributed by atoms with van der Waals surface area (Å²) in [7, 11) is 0. The lowest BCUT2D eigenvalue weighted by Crippen LogP contribution is -2.38. The van der Waals surface area contributed by atoms with Crippen LogP contribution in [-0.4, -0.2) is 28.5 Å². The number of aromatic nitrogens is 1. The summed E-state index contributed by atoms with van der Waals surface area (Å²) < 4.78 is 2.22. The summed E-state index contributed by atoms with van der Waals surface area (Å²) in [6.45, 7) is 2.68. The third-order valence-electron chi connectivity index (χ3n) is 4.53. The van der Waals surface area contributed by atoms with Crippen molar-refractivity contribution in [3.8, 4) is 0 Å². The Balaban J connectivity index is 1.51. The first-order chi connectivity index (χ1) is 11.1. The normalized spacial score (nSPS) is 15.8. The van der Waals surface area contributed by atoms with Gasteiger partial charge in [-0.25, -0.2) is 0 Å². The van der Waals surface area contributed by atoms with E-state index in [-0.39, 0.29) is 5.91 Å². The maximum Gasteiger partial charge on any atom is 0.253 e. The lowest BCUT2D eigenvalue weighted by atomic mass is 9.93. The molecule has 0 saturated carbocycles. The minimum absolute atomic E-state index is 0.0485. The van der Waals surface area contributed by atoms with E-state index in [1.807, 2.05) is 4.90 Å². The molecule has 3 nitrogen and oxygen atoms in total. The molecule has 122 valence electrons. The Labute approximate surface area is 146 Å². The quantitative estimate of drug-likeness (QED) is 0.781. The minimum Gasteiger partial charge on any atom is -0.354 e. The van der Waals surface area contributed by atoms with Crippen molar-refractivity contribution in [1.82, 2.24) is 9.47 Å². The van der Waals surface area contributed by atoms with Gasteiger partial charge in [0, 0.05) is 37.6 Å². The van der Waals surface area contributed by atoms with E-state index in [0.29, 0.717) is 21.5 Å². The van der Waals surface area contributed by atoms with Crippen molar-refractivity contribution in [2.45, 2.75) is 25.8 Å². The lowest BCUT2D eigenvalue weighted by molar-refractivity contribution is 0.0685. The van der Waals surface area contributed by atoms with Crippen molar-refractivity contribution in [1.29, 1.82) is 0 Å². The van der Waals surface area contributed by atoms with E-state index < -0.39 is 0 Å². The van der Waals surface area contributed by atoms with E-state index in [4.69, 9.17) is 23.2 Å². The summed E-state index contributed by atoms with van der Waals surface area (Å²) in [6.07, 6.45) is 7.50. The van der Waals surface area contributed by atoms with Gasteiger partial charge in [-0.05, 0) is 55.5 Å². The third kappa shape index (κ3) is 4.10. The zero-order valence-corrected chi connectivity index (χ0v) is 14.4. The number of benzene rings is 1. The van der Waals surface area contributed by atoms with E-state index in [1.54, 1.807) is 18.2 Å². The fourth-order valence-corrected chi connectivity index (χ4v) is 3.39. The lowest BCUT2D eigenvalue weighted by Gasteiger charge is -2.32. The van der Waals surface area contributed by atoms with Crippen molar-refractivity contribution < 1.29 is 4.79 Å². The maximum absolute atomic E-state index is 12.5. The van der Waals surface area contributed by atoms with Gasteiger partial charge in [-0.2, -0.15) is 0 Å². The Morgan fingerprint density at radius 3 is 2.43 bits per heavy atom. The second kappa shape index (κ2) is 7.41. The minimum atomic E-state index is 0.0485. The molecule has 1 aromatic heterocycles. The zero-order valence-electron chi connectivity index (χ0n) is 12.9. The molecule has 5 heteroatoms. The van der Waals surface area contributed by atoms with Gasteiger partial charge in [-0.3, -0.25) is 4.79 Å². The summed E-state index contributed by atoms with van der Waals surface area (Å²) in [5, 5.41) is 0.908. The molecule has 1 fully saturated rings. The number of piperidine rings is 1. The van der Waals surface area contributed by atoms with Gasteiger partial charge in [0.1, 0.15) is 0 Å². The molecule has 0 spiro atoms. The zero-order chi connectivity index (χ0) is 16.2. The van der Waals surface area contributed by atoms with Gasteiger partial charge in [0.2, 0.25) is 0 Å². The molecule has 1 aliphatic rings. The maximum atomic E-state index is 12.5. The highest BCUT2D eigenvalue weighted by Crippen LogP contribution is 2.26. The summed E-state index contributed by atoms with van der Waals surface area (Å²) in [6, 6.07) is 9.19. The molecule has 23 heavy (non-hydrogen) atoms. The van der Waals surface area contributed by atoms with Gasteiger partial charge >= 0.3 is 0 Å². The number of halogens is 2. The second-order valence-electron chi connectivity index (χ2n) is 6.07. The number of nitrogens with zero attached hydrogens (tertiary/aromatic N) is 2. The number of rotatable bonds is 4. The van der Waals surface area contributed by atoms with Crippen molar-refractivity contribution >= 4 is 29.1 Å². The van der Waals surface area contributed by atoms with Crippen molar-refractivity contribution in [3.05, 3.63) is 58.3 Å². The fourth-order valence-electron chi connectivity index (χ4n) is 3.09. The molecular weight excluding hydrogens is 331 g/mol. The first-order valence-electron chi connectivity index (χ1n) is 7.98. The van der Waals surface area contributed by atoms with Crippen LogP contribution in [0.5, 0.6) is 0 Å². The second-order valence-corrected chi connectivity index (χ2v) is 6.89. The Bertz CT molecular complexity index is 662. The summed E-state index contributed by atoms with van der Waals surface area (Å²) in [4.78, 5) is 14.5. The van der Waals surface area contributed by atoms with Gasteiger partial charge in [0.25, 0.3) is 5.91 Å². The van der Waals surface area contributed by atoms with Gasteiger partial charge in [0.15, 0.2) is 0 Å². The topological polar surface area (TPSA) is 25.2 Å². The van der Waals surface area contributed by atoms with Crippen LogP contribution in [0, 0.1) is 5.92 Å². The monoisotopic (exact) mass is 350 g/mol. The van der Waals surface area contributed by atoms with Crippen LogP contribution in [0.25, 0.3) is 0 Å². The number of carbonyl (C=O) groups excluding carboxylic acids is 1. The van der Waals surface area contributed by atoms with Crippen LogP contribution in [0.1, 0.15) is 29.6 Å². The van der Waals surface area contributed by atoms with Crippen LogP contribution >= 0.6 is 23.2 Å². The van der Waals surface area contributed by atoms with Gasteiger partial charge in [0.05, 0.1) is 10.0 Å². The van der Waals surface area contributed by atoms with Crippen molar-refractivity contribution in [2.75, 3.05) is 13.1 Å². The SMILES string of the molecule is O=C(c1ccc(Cl)c(Cl)c1)N1CCC(CCn2cccc2)CC1. The van der Waals surface area contributed by atoms with Crippen LogP contribution in [0.2, 0.25) is 10.0 Å². The number of likely N-dealkylation sites (tertiary alicyclic amines) is 1. The molecule has 0 aliphatic carbocycles. The van der Waals surface area contributed by atoms with Gasteiger partial charge in [-0.1, -0.05) is 23.2 Å². The predicted octanol–water partition coefficient (Wildman–Crippen LogP) is 4.74. The van der Waals surface area contributed by atoms with E-state index in [0.717, 1.165) is 32.5 Å². The Kier molecular flexibility index (Phi) is 5.29.